The molecule has 92 valence electrons. The van der Waals surface area contributed by atoms with Crippen molar-refractivity contribution in [3.05, 3.63) is 12.7 Å². The minimum Gasteiger partial charge on any atom is -0.355 e. The molecule has 1 atom stereocenters. The molecular weight excluding hydrogens is 220 g/mol. The van der Waals surface area contributed by atoms with Crippen LogP contribution in [0.15, 0.2) is 12.7 Å². The minimum absolute atomic E-state index is 0.193. The van der Waals surface area contributed by atoms with Crippen molar-refractivity contribution >= 4 is 17.7 Å². The Bertz CT molecular complexity index is 237. The van der Waals surface area contributed by atoms with E-state index in [9.17, 15) is 4.79 Å². The molecular formula is C12H22N2OS. The van der Waals surface area contributed by atoms with E-state index in [4.69, 9.17) is 0 Å². The van der Waals surface area contributed by atoms with Crippen LogP contribution in [0, 0.1) is 5.41 Å². The normalized spacial score (nSPS) is 25.1. The van der Waals surface area contributed by atoms with E-state index in [0.29, 0.717) is 0 Å². The van der Waals surface area contributed by atoms with Crippen molar-refractivity contribution < 1.29 is 4.79 Å². The second-order valence-corrected chi connectivity index (χ2v) is 5.61. The number of carbonyl (C=O) groups is 1. The smallest absolute Gasteiger partial charge is 0.227 e. The summed E-state index contributed by atoms with van der Waals surface area (Å²) in [6.07, 6.45) is 3.97. The van der Waals surface area contributed by atoms with Crippen molar-refractivity contribution in [2.24, 2.45) is 5.41 Å². The molecule has 2 N–H and O–H groups in total. The standard InChI is InChI=1S/C12H22N2OS/c1-3-8-16-9-7-14-11(15)12(2)5-4-6-13-10-12/h3,13H,1,4-10H2,2H3,(H,14,15). The highest BCUT2D eigenvalue weighted by Crippen LogP contribution is 2.25. The van der Waals surface area contributed by atoms with E-state index in [2.05, 4.69) is 17.2 Å². The Morgan fingerprint density at radius 3 is 3.12 bits per heavy atom. The van der Waals surface area contributed by atoms with E-state index >= 15 is 0 Å². The Morgan fingerprint density at radius 1 is 1.69 bits per heavy atom. The molecule has 0 bridgehead atoms. The predicted octanol–water partition coefficient (Wildman–Crippen LogP) is 1.41. The first-order chi connectivity index (χ1) is 7.69. The van der Waals surface area contributed by atoms with Crippen LogP contribution in [0.5, 0.6) is 0 Å². The van der Waals surface area contributed by atoms with Crippen LogP contribution in [-0.2, 0) is 4.79 Å². The van der Waals surface area contributed by atoms with E-state index in [-0.39, 0.29) is 11.3 Å². The lowest BCUT2D eigenvalue weighted by molar-refractivity contribution is -0.130. The molecule has 0 radical (unpaired) electrons. The SMILES string of the molecule is C=CCSCCNC(=O)C1(C)CCCNC1. The van der Waals surface area contributed by atoms with Gasteiger partial charge in [-0.15, -0.1) is 6.58 Å². The van der Waals surface area contributed by atoms with Crippen LogP contribution in [0.1, 0.15) is 19.8 Å². The monoisotopic (exact) mass is 242 g/mol. The molecule has 1 saturated heterocycles. The van der Waals surface area contributed by atoms with Gasteiger partial charge < -0.3 is 10.6 Å². The van der Waals surface area contributed by atoms with Crippen LogP contribution >= 0.6 is 11.8 Å². The summed E-state index contributed by atoms with van der Waals surface area (Å²) < 4.78 is 0. The lowest BCUT2D eigenvalue weighted by Crippen LogP contribution is -2.49. The van der Waals surface area contributed by atoms with Crippen LogP contribution in [0.3, 0.4) is 0 Å². The number of carbonyl (C=O) groups excluding carboxylic acids is 1. The largest absolute Gasteiger partial charge is 0.355 e. The molecule has 1 aliphatic heterocycles. The highest BCUT2D eigenvalue weighted by Gasteiger charge is 2.34. The third-order valence-electron chi connectivity index (χ3n) is 2.91. The second kappa shape index (κ2) is 6.97. The number of thioether (sulfide) groups is 1. The maximum absolute atomic E-state index is 12.0. The molecule has 0 aromatic rings. The fraction of sp³-hybridized carbons (Fsp3) is 0.750. The summed E-state index contributed by atoms with van der Waals surface area (Å²) >= 11 is 1.79. The highest BCUT2D eigenvalue weighted by atomic mass is 32.2. The van der Waals surface area contributed by atoms with E-state index in [0.717, 1.165) is 44.0 Å². The van der Waals surface area contributed by atoms with Crippen molar-refractivity contribution in [1.29, 1.82) is 0 Å². The van der Waals surface area contributed by atoms with Gasteiger partial charge in [0.05, 0.1) is 5.41 Å². The molecule has 3 nitrogen and oxygen atoms in total. The number of hydrogen-bond donors (Lipinski definition) is 2. The summed E-state index contributed by atoms with van der Waals surface area (Å²) in [5, 5.41) is 6.31. The van der Waals surface area contributed by atoms with Gasteiger partial charge in [0.25, 0.3) is 0 Å². The van der Waals surface area contributed by atoms with Gasteiger partial charge in [0, 0.05) is 24.6 Å². The third-order valence-corrected chi connectivity index (χ3v) is 3.88. The lowest BCUT2D eigenvalue weighted by atomic mass is 9.82. The molecule has 1 rings (SSSR count). The van der Waals surface area contributed by atoms with E-state index < -0.39 is 0 Å². The molecule has 0 aromatic heterocycles. The van der Waals surface area contributed by atoms with Crippen molar-refractivity contribution in [2.45, 2.75) is 19.8 Å². The molecule has 4 heteroatoms. The van der Waals surface area contributed by atoms with Gasteiger partial charge in [-0.05, 0) is 26.3 Å². The Kier molecular flexibility index (Phi) is 5.91. The molecule has 0 saturated carbocycles. The summed E-state index contributed by atoms with van der Waals surface area (Å²) in [4.78, 5) is 12.0. The molecule has 1 aliphatic rings. The number of nitrogens with one attached hydrogen (secondary N) is 2. The van der Waals surface area contributed by atoms with Gasteiger partial charge in [-0.1, -0.05) is 6.08 Å². The first-order valence-electron chi connectivity index (χ1n) is 5.87. The van der Waals surface area contributed by atoms with Gasteiger partial charge in [0.15, 0.2) is 0 Å². The van der Waals surface area contributed by atoms with E-state index in [1.54, 1.807) is 11.8 Å². The molecule has 1 fully saturated rings. The average Bonchev–Trinajstić information content (AvgIpc) is 2.29. The van der Waals surface area contributed by atoms with Crippen molar-refractivity contribution in [2.75, 3.05) is 31.1 Å². The number of amides is 1. The fourth-order valence-corrected chi connectivity index (χ4v) is 2.45. The second-order valence-electron chi connectivity index (χ2n) is 4.46. The predicted molar refractivity (Wildman–Crippen MR) is 70.7 cm³/mol. The summed E-state index contributed by atoms with van der Waals surface area (Å²) in [5.41, 5.74) is -0.207. The molecule has 0 spiro atoms. The molecule has 16 heavy (non-hydrogen) atoms. The maximum atomic E-state index is 12.0. The fourth-order valence-electron chi connectivity index (χ4n) is 1.87. The first kappa shape index (κ1) is 13.6. The van der Waals surface area contributed by atoms with Gasteiger partial charge in [-0.2, -0.15) is 11.8 Å². The van der Waals surface area contributed by atoms with Crippen LogP contribution in [0.4, 0.5) is 0 Å². The summed E-state index contributed by atoms with van der Waals surface area (Å²) in [6.45, 7) is 8.31. The zero-order valence-electron chi connectivity index (χ0n) is 10.1. The molecule has 1 amide bonds. The zero-order valence-corrected chi connectivity index (χ0v) is 10.9. The van der Waals surface area contributed by atoms with Gasteiger partial charge >= 0.3 is 0 Å². The third kappa shape index (κ3) is 4.18. The van der Waals surface area contributed by atoms with Gasteiger partial charge in [-0.25, -0.2) is 0 Å². The Morgan fingerprint density at radius 2 is 2.50 bits per heavy atom. The topological polar surface area (TPSA) is 41.1 Å². The maximum Gasteiger partial charge on any atom is 0.227 e. The first-order valence-corrected chi connectivity index (χ1v) is 7.02. The van der Waals surface area contributed by atoms with Gasteiger partial charge in [0.2, 0.25) is 5.91 Å². The van der Waals surface area contributed by atoms with Crippen LogP contribution in [-0.4, -0.2) is 37.0 Å². The minimum atomic E-state index is -0.207. The number of hydrogen-bond acceptors (Lipinski definition) is 3. The summed E-state index contributed by atoms with van der Waals surface area (Å²) in [6, 6.07) is 0. The van der Waals surface area contributed by atoms with Crippen LogP contribution in [0.25, 0.3) is 0 Å². The van der Waals surface area contributed by atoms with Crippen molar-refractivity contribution in [1.82, 2.24) is 10.6 Å². The number of rotatable bonds is 6. The van der Waals surface area contributed by atoms with Crippen molar-refractivity contribution in [3.8, 4) is 0 Å². The Balaban J connectivity index is 2.20. The van der Waals surface area contributed by atoms with Crippen LogP contribution in [0.2, 0.25) is 0 Å². The molecule has 1 heterocycles. The van der Waals surface area contributed by atoms with Crippen molar-refractivity contribution in [3.63, 3.8) is 0 Å². The van der Waals surface area contributed by atoms with E-state index in [1.807, 2.05) is 13.0 Å². The highest BCUT2D eigenvalue weighted by molar-refractivity contribution is 7.99. The summed E-state index contributed by atoms with van der Waals surface area (Å²) in [5.74, 6) is 2.11. The molecule has 1 unspecified atom stereocenters. The molecule has 0 aliphatic carbocycles. The molecule has 0 aromatic carbocycles. The zero-order chi connectivity index (χ0) is 11.9. The average molecular weight is 242 g/mol. The van der Waals surface area contributed by atoms with Crippen LogP contribution < -0.4 is 10.6 Å². The Hall–Kier alpha value is -0.480. The van der Waals surface area contributed by atoms with E-state index in [1.165, 1.54) is 0 Å². The lowest BCUT2D eigenvalue weighted by Gasteiger charge is -2.32. The van der Waals surface area contributed by atoms with Gasteiger partial charge in [-0.3, -0.25) is 4.79 Å². The Labute approximate surface area is 102 Å². The quantitative estimate of drug-likeness (QED) is 0.546. The number of piperidine rings is 1. The van der Waals surface area contributed by atoms with Gasteiger partial charge in [0.1, 0.15) is 0 Å². The summed E-state index contributed by atoms with van der Waals surface area (Å²) in [7, 11) is 0.